The number of piperidine rings is 2. The summed E-state index contributed by atoms with van der Waals surface area (Å²) in [7, 11) is 1.95. The second-order valence-electron chi connectivity index (χ2n) is 7.65. The molecule has 0 radical (unpaired) electrons. The minimum absolute atomic E-state index is 0.192. The van der Waals surface area contributed by atoms with Gasteiger partial charge < -0.3 is 9.47 Å². The van der Waals surface area contributed by atoms with Crippen molar-refractivity contribution in [3.8, 4) is 0 Å². The van der Waals surface area contributed by atoms with Crippen LogP contribution in [0.3, 0.4) is 0 Å². The van der Waals surface area contributed by atoms with E-state index in [-0.39, 0.29) is 5.91 Å². The van der Waals surface area contributed by atoms with E-state index in [1.807, 2.05) is 41.3 Å². The van der Waals surface area contributed by atoms with Crippen LogP contribution in [0.1, 0.15) is 41.0 Å². The summed E-state index contributed by atoms with van der Waals surface area (Å²) in [5, 5.41) is 2.17. The summed E-state index contributed by atoms with van der Waals surface area (Å²) in [6.45, 7) is 5.32. The molecule has 0 atom stereocenters. The molecular formula is C20H27N3OS. The van der Waals surface area contributed by atoms with Crippen molar-refractivity contribution in [1.29, 1.82) is 0 Å². The summed E-state index contributed by atoms with van der Waals surface area (Å²) in [5.74, 6) is 0.192. The van der Waals surface area contributed by atoms with Gasteiger partial charge in [0.25, 0.3) is 5.91 Å². The molecule has 2 fully saturated rings. The third-order valence-corrected chi connectivity index (χ3v) is 7.01. The Morgan fingerprint density at radius 2 is 1.80 bits per heavy atom. The Hall–Kier alpha value is -1.59. The van der Waals surface area contributed by atoms with E-state index in [1.54, 1.807) is 0 Å². The number of rotatable bonds is 3. The Morgan fingerprint density at radius 3 is 2.40 bits per heavy atom. The molecule has 0 unspecified atom stereocenters. The fourth-order valence-electron chi connectivity index (χ4n) is 4.34. The number of carbonyl (C=O) groups excluding carboxylic acids is 1. The van der Waals surface area contributed by atoms with Crippen molar-refractivity contribution in [2.75, 3.05) is 26.2 Å². The molecule has 2 aromatic rings. The summed E-state index contributed by atoms with van der Waals surface area (Å²) >= 11 is 1.86. The van der Waals surface area contributed by atoms with Crippen LogP contribution >= 0.6 is 11.3 Å². The van der Waals surface area contributed by atoms with Gasteiger partial charge in [-0.1, -0.05) is 6.07 Å². The Balaban J connectivity index is 1.30. The molecule has 1 spiro atoms. The molecule has 0 aromatic carbocycles. The minimum Gasteiger partial charge on any atom is -0.347 e. The Morgan fingerprint density at radius 1 is 1.08 bits per heavy atom. The van der Waals surface area contributed by atoms with Gasteiger partial charge in [-0.3, -0.25) is 9.69 Å². The molecule has 1 amide bonds. The molecule has 2 aromatic heterocycles. The van der Waals surface area contributed by atoms with E-state index in [0.29, 0.717) is 5.41 Å². The van der Waals surface area contributed by atoms with Gasteiger partial charge in [-0.05, 0) is 67.8 Å². The Bertz CT molecular complexity index is 703. The van der Waals surface area contributed by atoms with Crippen LogP contribution in [-0.4, -0.2) is 46.5 Å². The van der Waals surface area contributed by atoms with E-state index in [2.05, 4.69) is 27.3 Å². The van der Waals surface area contributed by atoms with Gasteiger partial charge in [0.1, 0.15) is 5.69 Å². The van der Waals surface area contributed by atoms with Crippen LogP contribution in [0, 0.1) is 5.41 Å². The fraction of sp³-hybridized carbons (Fsp3) is 0.550. The molecule has 0 bridgehead atoms. The lowest BCUT2D eigenvalue weighted by Gasteiger charge is -2.46. The van der Waals surface area contributed by atoms with Crippen molar-refractivity contribution >= 4 is 17.2 Å². The van der Waals surface area contributed by atoms with E-state index in [9.17, 15) is 4.79 Å². The Labute approximate surface area is 154 Å². The van der Waals surface area contributed by atoms with Crippen molar-refractivity contribution in [2.45, 2.75) is 32.2 Å². The first kappa shape index (κ1) is 16.9. The number of nitrogens with zero attached hydrogens (tertiary/aromatic N) is 3. The van der Waals surface area contributed by atoms with Crippen LogP contribution in [0.4, 0.5) is 0 Å². The lowest BCUT2D eigenvalue weighted by Crippen LogP contribution is -2.48. The molecule has 0 N–H and O–H groups in total. The maximum Gasteiger partial charge on any atom is 0.270 e. The maximum atomic E-state index is 12.7. The first-order chi connectivity index (χ1) is 12.2. The predicted molar refractivity (Wildman–Crippen MR) is 102 cm³/mol. The molecule has 4 nitrogen and oxygen atoms in total. The zero-order chi connectivity index (χ0) is 17.3. The highest BCUT2D eigenvalue weighted by Gasteiger charge is 2.38. The van der Waals surface area contributed by atoms with Crippen LogP contribution in [0.5, 0.6) is 0 Å². The van der Waals surface area contributed by atoms with Crippen LogP contribution in [-0.2, 0) is 13.6 Å². The summed E-state index contributed by atoms with van der Waals surface area (Å²) in [4.78, 5) is 18.8. The second-order valence-corrected chi connectivity index (χ2v) is 8.68. The van der Waals surface area contributed by atoms with E-state index >= 15 is 0 Å². The third kappa shape index (κ3) is 3.53. The molecule has 2 aliphatic heterocycles. The number of hydrogen-bond donors (Lipinski definition) is 0. The van der Waals surface area contributed by atoms with E-state index in [4.69, 9.17) is 0 Å². The summed E-state index contributed by atoms with van der Waals surface area (Å²) < 4.78 is 1.93. The molecule has 0 aliphatic carbocycles. The quantitative estimate of drug-likeness (QED) is 0.840. The zero-order valence-corrected chi connectivity index (χ0v) is 15.8. The van der Waals surface area contributed by atoms with E-state index in [0.717, 1.165) is 38.2 Å². The van der Waals surface area contributed by atoms with Gasteiger partial charge in [0.05, 0.1) is 0 Å². The van der Waals surface area contributed by atoms with Gasteiger partial charge in [-0.15, -0.1) is 11.3 Å². The summed E-state index contributed by atoms with van der Waals surface area (Å²) in [5.41, 5.74) is 1.28. The van der Waals surface area contributed by atoms with Crippen LogP contribution in [0.15, 0.2) is 35.8 Å². The van der Waals surface area contributed by atoms with E-state index in [1.165, 1.54) is 30.8 Å². The molecule has 4 rings (SSSR count). The molecule has 134 valence electrons. The first-order valence-corrected chi connectivity index (χ1v) is 10.2. The fourth-order valence-corrected chi connectivity index (χ4v) is 5.08. The highest BCUT2D eigenvalue weighted by Crippen LogP contribution is 2.41. The Kier molecular flexibility index (Phi) is 4.69. The van der Waals surface area contributed by atoms with Gasteiger partial charge in [0.15, 0.2) is 0 Å². The van der Waals surface area contributed by atoms with Crippen molar-refractivity contribution in [2.24, 2.45) is 12.5 Å². The zero-order valence-electron chi connectivity index (χ0n) is 15.0. The van der Waals surface area contributed by atoms with Gasteiger partial charge in [0.2, 0.25) is 0 Å². The van der Waals surface area contributed by atoms with Crippen LogP contribution < -0.4 is 0 Å². The van der Waals surface area contributed by atoms with Crippen molar-refractivity contribution < 1.29 is 4.79 Å². The van der Waals surface area contributed by atoms with Crippen molar-refractivity contribution in [1.82, 2.24) is 14.4 Å². The van der Waals surface area contributed by atoms with E-state index < -0.39 is 0 Å². The predicted octanol–water partition coefficient (Wildman–Crippen LogP) is 3.61. The van der Waals surface area contributed by atoms with Crippen LogP contribution in [0.2, 0.25) is 0 Å². The van der Waals surface area contributed by atoms with Crippen LogP contribution in [0.25, 0.3) is 0 Å². The number of likely N-dealkylation sites (tertiary alicyclic amines) is 2. The lowest BCUT2D eigenvalue weighted by molar-refractivity contribution is 0.0282. The minimum atomic E-state index is 0.192. The first-order valence-electron chi connectivity index (χ1n) is 9.31. The number of hydrogen-bond acceptors (Lipinski definition) is 3. The SMILES string of the molecule is Cn1cccc1C(=O)N1CCC2(CCN(Cc3cccs3)CC2)CC1. The molecule has 25 heavy (non-hydrogen) atoms. The average molecular weight is 358 g/mol. The maximum absolute atomic E-state index is 12.7. The average Bonchev–Trinajstić information content (AvgIpc) is 3.29. The smallest absolute Gasteiger partial charge is 0.270 e. The number of aryl methyl sites for hydroxylation is 1. The summed E-state index contributed by atoms with van der Waals surface area (Å²) in [6.07, 6.45) is 6.84. The van der Waals surface area contributed by atoms with Crippen molar-refractivity contribution in [3.05, 3.63) is 46.4 Å². The monoisotopic (exact) mass is 357 g/mol. The highest BCUT2D eigenvalue weighted by molar-refractivity contribution is 7.09. The topological polar surface area (TPSA) is 28.5 Å². The van der Waals surface area contributed by atoms with Crippen molar-refractivity contribution in [3.63, 3.8) is 0 Å². The van der Waals surface area contributed by atoms with Gasteiger partial charge in [0, 0.05) is 37.8 Å². The highest BCUT2D eigenvalue weighted by atomic mass is 32.1. The standard InChI is InChI=1S/C20H27N3OS/c1-21-10-2-5-18(21)19(24)23-13-8-20(9-14-23)6-11-22(12-7-20)16-17-4-3-15-25-17/h2-5,10,15H,6-9,11-14,16H2,1H3. The molecule has 2 saturated heterocycles. The molecule has 5 heteroatoms. The molecule has 4 heterocycles. The number of carbonyl (C=O) groups is 1. The largest absolute Gasteiger partial charge is 0.347 e. The third-order valence-electron chi connectivity index (χ3n) is 6.15. The van der Waals surface area contributed by atoms with Gasteiger partial charge in [-0.2, -0.15) is 0 Å². The molecule has 2 aliphatic rings. The lowest BCUT2D eigenvalue weighted by atomic mass is 9.71. The summed E-state index contributed by atoms with van der Waals surface area (Å²) in [6, 6.07) is 8.26. The van der Waals surface area contributed by atoms with Gasteiger partial charge >= 0.3 is 0 Å². The number of aromatic nitrogens is 1. The second kappa shape index (κ2) is 6.96. The number of thiophene rings is 1. The molecular weight excluding hydrogens is 330 g/mol. The normalized spacial score (nSPS) is 20.9. The molecule has 0 saturated carbocycles. The number of amides is 1. The van der Waals surface area contributed by atoms with Gasteiger partial charge in [-0.25, -0.2) is 0 Å².